The van der Waals surface area contributed by atoms with Crippen molar-refractivity contribution in [1.82, 2.24) is 5.32 Å². The normalized spacial score (nSPS) is 14.7. The van der Waals surface area contributed by atoms with Gasteiger partial charge in [0, 0.05) is 13.2 Å². The van der Waals surface area contributed by atoms with Gasteiger partial charge in [-0.15, -0.1) is 0 Å². The van der Waals surface area contributed by atoms with Crippen LogP contribution < -0.4 is 5.32 Å². The fourth-order valence-corrected chi connectivity index (χ4v) is 2.10. The van der Waals surface area contributed by atoms with Crippen LogP contribution in [0.25, 0.3) is 0 Å². The maximum Gasteiger partial charge on any atom is 0.0721 e. The lowest BCUT2D eigenvalue weighted by atomic mass is 10.00. The molecule has 1 aromatic carbocycles. The molecular weight excluding hydrogens is 198 g/mol. The second-order valence-electron chi connectivity index (χ2n) is 4.10. The number of hydrogen-bond donors (Lipinski definition) is 1. The van der Waals surface area contributed by atoms with Crippen molar-refractivity contribution in [3.05, 3.63) is 35.9 Å². The maximum absolute atomic E-state index is 5.48. The number of aryl methyl sites for hydroxylation is 1. The summed E-state index contributed by atoms with van der Waals surface area (Å²) in [6, 6.07) is 11.0. The number of methoxy groups -OCH3 is 1. The topological polar surface area (TPSA) is 21.3 Å². The van der Waals surface area contributed by atoms with Gasteiger partial charge >= 0.3 is 0 Å². The molecule has 1 aromatic rings. The molecule has 2 nitrogen and oxygen atoms in total. The minimum absolute atomic E-state index is 0.314. The van der Waals surface area contributed by atoms with Crippen molar-refractivity contribution >= 4 is 0 Å². The second kappa shape index (κ2) is 7.42. The van der Waals surface area contributed by atoms with Gasteiger partial charge in [-0.3, -0.25) is 0 Å². The Labute approximate surface area is 99.0 Å². The van der Waals surface area contributed by atoms with E-state index >= 15 is 0 Å². The minimum atomic E-state index is 0.314. The third-order valence-electron chi connectivity index (χ3n) is 3.11. The van der Waals surface area contributed by atoms with E-state index in [4.69, 9.17) is 4.74 Å². The molecule has 0 bridgehead atoms. The summed E-state index contributed by atoms with van der Waals surface area (Å²) >= 11 is 0. The highest BCUT2D eigenvalue weighted by Gasteiger charge is 2.17. The molecule has 0 saturated carbocycles. The summed E-state index contributed by atoms with van der Waals surface area (Å²) in [5.74, 6) is 0. The first-order valence-corrected chi connectivity index (χ1v) is 6.05. The van der Waals surface area contributed by atoms with Crippen LogP contribution in [0.5, 0.6) is 0 Å². The lowest BCUT2D eigenvalue weighted by molar-refractivity contribution is 0.0651. The highest BCUT2D eigenvalue weighted by Crippen LogP contribution is 2.11. The van der Waals surface area contributed by atoms with Crippen molar-refractivity contribution in [2.24, 2.45) is 0 Å². The van der Waals surface area contributed by atoms with Crippen LogP contribution in [-0.2, 0) is 11.2 Å². The van der Waals surface area contributed by atoms with Gasteiger partial charge in [0.15, 0.2) is 0 Å². The molecule has 2 atom stereocenters. The predicted molar refractivity (Wildman–Crippen MR) is 68.7 cm³/mol. The van der Waals surface area contributed by atoms with Gasteiger partial charge in [-0.2, -0.15) is 0 Å². The summed E-state index contributed by atoms with van der Waals surface area (Å²) in [7, 11) is 3.80. The van der Waals surface area contributed by atoms with E-state index in [2.05, 4.69) is 42.6 Å². The third-order valence-corrected chi connectivity index (χ3v) is 3.11. The lowest BCUT2D eigenvalue weighted by Gasteiger charge is -2.24. The first kappa shape index (κ1) is 13.2. The molecule has 0 radical (unpaired) electrons. The highest BCUT2D eigenvalue weighted by molar-refractivity contribution is 5.14. The molecular formula is C14H23NO. The second-order valence-corrected chi connectivity index (χ2v) is 4.10. The maximum atomic E-state index is 5.48. The molecule has 0 aliphatic carbocycles. The summed E-state index contributed by atoms with van der Waals surface area (Å²) in [6.45, 7) is 2.17. The van der Waals surface area contributed by atoms with Crippen LogP contribution in [0, 0.1) is 0 Å². The molecule has 0 spiro atoms. The predicted octanol–water partition coefficient (Wildman–Crippen LogP) is 2.63. The highest BCUT2D eigenvalue weighted by atomic mass is 16.5. The van der Waals surface area contributed by atoms with E-state index in [0.717, 1.165) is 19.3 Å². The molecule has 0 amide bonds. The minimum Gasteiger partial charge on any atom is -0.380 e. The van der Waals surface area contributed by atoms with Crippen molar-refractivity contribution < 1.29 is 4.74 Å². The van der Waals surface area contributed by atoms with Crippen LogP contribution in [0.1, 0.15) is 25.3 Å². The Hall–Kier alpha value is -0.860. The van der Waals surface area contributed by atoms with E-state index in [1.165, 1.54) is 5.56 Å². The molecule has 0 aliphatic rings. The summed E-state index contributed by atoms with van der Waals surface area (Å²) < 4.78 is 5.48. The van der Waals surface area contributed by atoms with Crippen LogP contribution in [0.3, 0.4) is 0 Å². The Morgan fingerprint density at radius 2 is 1.94 bits per heavy atom. The van der Waals surface area contributed by atoms with Gasteiger partial charge in [-0.25, -0.2) is 0 Å². The Balaban J connectivity index is 2.45. The fraction of sp³-hybridized carbons (Fsp3) is 0.571. The number of rotatable bonds is 7. The van der Waals surface area contributed by atoms with E-state index < -0.39 is 0 Å². The fourth-order valence-electron chi connectivity index (χ4n) is 2.10. The van der Waals surface area contributed by atoms with E-state index in [1.54, 1.807) is 7.11 Å². The third kappa shape index (κ3) is 3.95. The van der Waals surface area contributed by atoms with Crippen LogP contribution in [0.4, 0.5) is 0 Å². The summed E-state index contributed by atoms with van der Waals surface area (Å²) in [5, 5.41) is 3.35. The average molecular weight is 221 g/mol. The van der Waals surface area contributed by atoms with Crippen LogP contribution in [0.2, 0.25) is 0 Å². The van der Waals surface area contributed by atoms with Gasteiger partial charge < -0.3 is 10.1 Å². The first-order chi connectivity index (χ1) is 7.81. The SMILES string of the molecule is CCC(OC)C(CCc1ccccc1)NC. The van der Waals surface area contributed by atoms with Gasteiger partial charge in [-0.1, -0.05) is 37.3 Å². The van der Waals surface area contributed by atoms with Gasteiger partial charge in [0.25, 0.3) is 0 Å². The zero-order valence-electron chi connectivity index (χ0n) is 10.6. The number of benzene rings is 1. The molecule has 0 saturated heterocycles. The zero-order chi connectivity index (χ0) is 11.8. The van der Waals surface area contributed by atoms with E-state index in [1.807, 2.05) is 7.05 Å². The Morgan fingerprint density at radius 3 is 2.44 bits per heavy atom. The summed E-state index contributed by atoms with van der Waals surface area (Å²) in [4.78, 5) is 0. The van der Waals surface area contributed by atoms with Crippen molar-refractivity contribution in [2.75, 3.05) is 14.2 Å². The molecule has 90 valence electrons. The lowest BCUT2D eigenvalue weighted by Crippen LogP contribution is -2.38. The van der Waals surface area contributed by atoms with E-state index in [0.29, 0.717) is 12.1 Å². The van der Waals surface area contributed by atoms with Crippen LogP contribution in [0.15, 0.2) is 30.3 Å². The number of likely N-dealkylation sites (N-methyl/N-ethyl adjacent to an activating group) is 1. The van der Waals surface area contributed by atoms with E-state index in [9.17, 15) is 0 Å². The quantitative estimate of drug-likeness (QED) is 0.764. The Kier molecular flexibility index (Phi) is 6.12. The molecule has 2 unspecified atom stereocenters. The standard InChI is InChI=1S/C14H23NO/c1-4-14(16-3)13(15-2)11-10-12-8-6-5-7-9-12/h5-9,13-15H,4,10-11H2,1-3H3. The molecule has 0 fully saturated rings. The van der Waals surface area contributed by atoms with Gasteiger partial charge in [0.2, 0.25) is 0 Å². The summed E-state index contributed by atoms with van der Waals surface area (Å²) in [6.07, 6.45) is 3.59. The van der Waals surface area contributed by atoms with Crippen molar-refractivity contribution in [2.45, 2.75) is 38.3 Å². The van der Waals surface area contributed by atoms with Crippen LogP contribution >= 0.6 is 0 Å². The average Bonchev–Trinajstić information content (AvgIpc) is 2.35. The number of nitrogens with one attached hydrogen (secondary N) is 1. The number of ether oxygens (including phenoxy) is 1. The Bertz CT molecular complexity index is 269. The van der Waals surface area contributed by atoms with E-state index in [-0.39, 0.29) is 0 Å². The number of hydrogen-bond acceptors (Lipinski definition) is 2. The summed E-state index contributed by atoms with van der Waals surface area (Å²) in [5.41, 5.74) is 1.40. The zero-order valence-corrected chi connectivity index (χ0v) is 10.6. The molecule has 0 heterocycles. The molecule has 1 rings (SSSR count). The smallest absolute Gasteiger partial charge is 0.0721 e. The first-order valence-electron chi connectivity index (χ1n) is 6.05. The van der Waals surface area contributed by atoms with Crippen LogP contribution in [-0.4, -0.2) is 26.3 Å². The van der Waals surface area contributed by atoms with Crippen molar-refractivity contribution in [3.8, 4) is 0 Å². The molecule has 0 aliphatic heterocycles. The van der Waals surface area contributed by atoms with Gasteiger partial charge in [0.1, 0.15) is 0 Å². The van der Waals surface area contributed by atoms with Crippen molar-refractivity contribution in [1.29, 1.82) is 0 Å². The monoisotopic (exact) mass is 221 g/mol. The molecule has 0 aromatic heterocycles. The molecule has 16 heavy (non-hydrogen) atoms. The molecule has 2 heteroatoms. The largest absolute Gasteiger partial charge is 0.380 e. The Morgan fingerprint density at radius 1 is 1.25 bits per heavy atom. The van der Waals surface area contributed by atoms with Gasteiger partial charge in [-0.05, 0) is 31.9 Å². The molecule has 1 N–H and O–H groups in total. The van der Waals surface area contributed by atoms with Gasteiger partial charge in [0.05, 0.1) is 6.10 Å². The van der Waals surface area contributed by atoms with Crippen molar-refractivity contribution in [3.63, 3.8) is 0 Å².